The maximum absolute atomic E-state index is 13.8. The first-order valence-electron chi connectivity index (χ1n) is 10.9. The summed E-state index contributed by atoms with van der Waals surface area (Å²) in [5.74, 6) is -0.165. The topological polar surface area (TPSA) is 96.0 Å². The van der Waals surface area contributed by atoms with Gasteiger partial charge in [0.2, 0.25) is 15.9 Å². The predicted octanol–water partition coefficient (Wildman–Crippen LogP) is 2.77. The van der Waals surface area contributed by atoms with Crippen molar-refractivity contribution in [1.29, 1.82) is 0 Å². The number of morpholine rings is 1. The Morgan fingerprint density at radius 2 is 1.86 bits per heavy atom. The summed E-state index contributed by atoms with van der Waals surface area (Å²) in [5.41, 5.74) is 1.12. The Kier molecular flexibility index (Phi) is 9.79. The van der Waals surface area contributed by atoms with Crippen LogP contribution in [-0.2, 0) is 25.3 Å². The van der Waals surface area contributed by atoms with Crippen molar-refractivity contribution in [2.45, 2.75) is 5.75 Å². The number of nitrogens with one attached hydrogen (secondary N) is 1. The maximum Gasteiger partial charge on any atom is 0.254 e. The fourth-order valence-electron chi connectivity index (χ4n) is 3.41. The SMILES string of the molecule is CS(=O)(=O)N(CC(=O)NCCSCc1c(F)cccc1Cl)c1ccc(C(=O)N2CCOCC2)cc1. The zero-order valence-electron chi connectivity index (χ0n) is 19.2. The van der Waals surface area contributed by atoms with Crippen molar-refractivity contribution in [3.63, 3.8) is 0 Å². The highest BCUT2D eigenvalue weighted by atomic mass is 35.5. The van der Waals surface area contributed by atoms with Gasteiger partial charge in [-0.15, -0.1) is 0 Å². The van der Waals surface area contributed by atoms with Crippen molar-refractivity contribution in [2.75, 3.05) is 55.7 Å². The number of carbonyl (C=O) groups is 2. The summed E-state index contributed by atoms with van der Waals surface area (Å²) in [4.78, 5) is 26.7. The Balaban J connectivity index is 1.53. The van der Waals surface area contributed by atoms with E-state index in [4.69, 9.17) is 16.3 Å². The molecule has 0 bridgehead atoms. The highest BCUT2D eigenvalue weighted by Gasteiger charge is 2.22. The summed E-state index contributed by atoms with van der Waals surface area (Å²) in [7, 11) is -3.75. The number of carbonyl (C=O) groups excluding carboxylic acids is 2. The molecule has 1 N–H and O–H groups in total. The number of hydrogen-bond acceptors (Lipinski definition) is 6. The Bertz CT molecular complexity index is 1120. The van der Waals surface area contributed by atoms with E-state index >= 15 is 0 Å². The molecule has 0 radical (unpaired) electrons. The number of ether oxygens (including phenoxy) is 1. The van der Waals surface area contributed by atoms with Crippen LogP contribution in [0.2, 0.25) is 5.02 Å². The molecule has 8 nitrogen and oxygen atoms in total. The van der Waals surface area contributed by atoms with Gasteiger partial charge in [0.15, 0.2) is 0 Å². The molecule has 0 aliphatic carbocycles. The van der Waals surface area contributed by atoms with Crippen LogP contribution >= 0.6 is 23.4 Å². The van der Waals surface area contributed by atoms with Crippen LogP contribution in [0.15, 0.2) is 42.5 Å². The zero-order valence-corrected chi connectivity index (χ0v) is 21.6. The Morgan fingerprint density at radius 3 is 2.49 bits per heavy atom. The summed E-state index contributed by atoms with van der Waals surface area (Å²) in [6.07, 6.45) is 1.01. The molecule has 1 fully saturated rings. The molecule has 1 saturated heterocycles. The smallest absolute Gasteiger partial charge is 0.254 e. The van der Waals surface area contributed by atoms with Gasteiger partial charge in [0.1, 0.15) is 12.4 Å². The fraction of sp³-hybridized carbons (Fsp3) is 0.391. The van der Waals surface area contributed by atoms with Crippen molar-refractivity contribution >= 4 is 50.9 Å². The first kappa shape index (κ1) is 27.3. The van der Waals surface area contributed by atoms with E-state index in [0.29, 0.717) is 54.0 Å². The average molecular weight is 544 g/mol. The lowest BCUT2D eigenvalue weighted by molar-refractivity contribution is -0.119. The fourth-order valence-corrected chi connectivity index (χ4v) is 5.47. The van der Waals surface area contributed by atoms with Gasteiger partial charge in [-0.05, 0) is 36.4 Å². The second-order valence-corrected chi connectivity index (χ2v) is 11.2. The molecule has 0 saturated carbocycles. The highest BCUT2D eigenvalue weighted by Crippen LogP contribution is 2.24. The van der Waals surface area contributed by atoms with Gasteiger partial charge < -0.3 is 15.0 Å². The van der Waals surface area contributed by atoms with Crippen LogP contribution in [-0.4, -0.2) is 76.5 Å². The Labute approximate surface area is 213 Å². The third-order valence-corrected chi connectivity index (χ3v) is 7.75. The van der Waals surface area contributed by atoms with E-state index < -0.39 is 22.5 Å². The van der Waals surface area contributed by atoms with E-state index in [1.807, 2.05) is 0 Å². The number of sulfonamides is 1. The first-order valence-corrected chi connectivity index (χ1v) is 14.3. The first-order chi connectivity index (χ1) is 16.7. The van der Waals surface area contributed by atoms with E-state index in [1.54, 1.807) is 23.1 Å². The minimum absolute atomic E-state index is 0.155. The molecule has 1 aliphatic heterocycles. The lowest BCUT2D eigenvalue weighted by atomic mass is 10.1. The van der Waals surface area contributed by atoms with Gasteiger partial charge in [-0.1, -0.05) is 17.7 Å². The lowest BCUT2D eigenvalue weighted by Crippen LogP contribution is -2.41. The van der Waals surface area contributed by atoms with Crippen LogP contribution in [0.4, 0.5) is 10.1 Å². The number of benzene rings is 2. The van der Waals surface area contributed by atoms with Crippen molar-refractivity contribution in [2.24, 2.45) is 0 Å². The van der Waals surface area contributed by atoms with E-state index in [-0.39, 0.29) is 24.0 Å². The summed E-state index contributed by atoms with van der Waals surface area (Å²) in [5, 5.41) is 3.03. The molecular formula is C23H27ClFN3O5S2. The molecule has 190 valence electrons. The minimum Gasteiger partial charge on any atom is -0.378 e. The number of anilines is 1. The third kappa shape index (κ3) is 7.83. The van der Waals surface area contributed by atoms with Gasteiger partial charge in [-0.3, -0.25) is 13.9 Å². The number of amides is 2. The van der Waals surface area contributed by atoms with Crippen molar-refractivity contribution in [3.8, 4) is 0 Å². The molecular weight excluding hydrogens is 517 g/mol. The second-order valence-electron chi connectivity index (χ2n) is 7.82. The van der Waals surface area contributed by atoms with Crippen molar-refractivity contribution < 1.29 is 27.1 Å². The second kappa shape index (κ2) is 12.6. The Morgan fingerprint density at radius 1 is 1.17 bits per heavy atom. The van der Waals surface area contributed by atoms with Crippen molar-refractivity contribution in [1.82, 2.24) is 10.2 Å². The van der Waals surface area contributed by atoms with E-state index in [9.17, 15) is 22.4 Å². The van der Waals surface area contributed by atoms with Gasteiger partial charge in [-0.25, -0.2) is 12.8 Å². The van der Waals surface area contributed by atoms with E-state index in [2.05, 4.69) is 5.32 Å². The van der Waals surface area contributed by atoms with Crippen molar-refractivity contribution in [3.05, 3.63) is 64.4 Å². The standard InChI is InChI=1S/C23H27ClFN3O5S2/c1-35(31,32)28(18-7-5-17(6-8-18)23(30)27-10-12-33-13-11-27)15-22(29)26-9-14-34-16-19-20(24)3-2-4-21(19)25/h2-8H,9-16H2,1H3,(H,26,29). The molecule has 0 atom stereocenters. The third-order valence-electron chi connectivity index (χ3n) is 5.26. The Hall–Kier alpha value is -2.34. The van der Waals surface area contributed by atoms with Crippen LogP contribution in [0.3, 0.4) is 0 Å². The van der Waals surface area contributed by atoms with Crippen LogP contribution in [0.5, 0.6) is 0 Å². The number of rotatable bonds is 10. The van der Waals surface area contributed by atoms with Gasteiger partial charge >= 0.3 is 0 Å². The lowest BCUT2D eigenvalue weighted by Gasteiger charge is -2.27. The highest BCUT2D eigenvalue weighted by molar-refractivity contribution is 7.98. The molecule has 0 spiro atoms. The van der Waals surface area contributed by atoms with E-state index in [1.165, 1.54) is 36.0 Å². The molecule has 1 heterocycles. The maximum atomic E-state index is 13.8. The zero-order chi connectivity index (χ0) is 25.4. The van der Waals surface area contributed by atoms with E-state index in [0.717, 1.165) is 10.6 Å². The van der Waals surface area contributed by atoms with Crippen LogP contribution < -0.4 is 9.62 Å². The van der Waals surface area contributed by atoms with Gasteiger partial charge in [-0.2, -0.15) is 11.8 Å². The number of nitrogens with zero attached hydrogens (tertiary/aromatic N) is 2. The normalized spacial score (nSPS) is 14.0. The van der Waals surface area contributed by atoms with Crippen LogP contribution in [0.1, 0.15) is 15.9 Å². The summed E-state index contributed by atoms with van der Waals surface area (Å²) >= 11 is 7.40. The molecule has 2 amide bonds. The molecule has 3 rings (SSSR count). The van der Waals surface area contributed by atoms with Crippen LogP contribution in [0.25, 0.3) is 0 Å². The largest absolute Gasteiger partial charge is 0.378 e. The number of hydrogen-bond donors (Lipinski definition) is 1. The summed E-state index contributed by atoms with van der Waals surface area (Å²) < 4.78 is 44.7. The molecule has 0 unspecified atom stereocenters. The summed E-state index contributed by atoms with van der Waals surface area (Å²) in [6.45, 7) is 1.84. The average Bonchev–Trinajstić information content (AvgIpc) is 2.83. The van der Waals surface area contributed by atoms with Crippen LogP contribution in [0, 0.1) is 5.82 Å². The molecule has 2 aromatic rings. The van der Waals surface area contributed by atoms with Gasteiger partial charge in [0, 0.05) is 47.3 Å². The molecule has 0 aromatic heterocycles. The molecule has 35 heavy (non-hydrogen) atoms. The quantitative estimate of drug-likeness (QED) is 0.463. The molecule has 2 aromatic carbocycles. The van der Waals surface area contributed by atoms with Gasteiger partial charge in [0.25, 0.3) is 5.91 Å². The molecule has 1 aliphatic rings. The van der Waals surface area contributed by atoms with Gasteiger partial charge in [0.05, 0.1) is 25.2 Å². The predicted molar refractivity (Wildman–Crippen MR) is 136 cm³/mol. The number of thioether (sulfide) groups is 1. The monoisotopic (exact) mass is 543 g/mol. The number of halogens is 2. The molecule has 12 heteroatoms. The minimum atomic E-state index is -3.75. The summed E-state index contributed by atoms with van der Waals surface area (Å²) in [6, 6.07) is 10.6.